The van der Waals surface area contributed by atoms with Gasteiger partial charge in [-0.1, -0.05) is 49.7 Å². The third-order valence-electron chi connectivity index (χ3n) is 5.78. The Kier molecular flexibility index (Phi) is 6.30. The molecule has 1 aliphatic heterocycles. The number of benzene rings is 2. The maximum atomic E-state index is 13.9. The number of hydrogen-bond acceptors (Lipinski definition) is 3. The van der Waals surface area contributed by atoms with Gasteiger partial charge in [0.15, 0.2) is 0 Å². The first-order valence-corrected chi connectivity index (χ1v) is 10.9. The molecule has 7 heteroatoms. The van der Waals surface area contributed by atoms with Crippen LogP contribution in [0, 0.1) is 5.82 Å². The normalized spacial score (nSPS) is 14.5. The van der Waals surface area contributed by atoms with Crippen molar-refractivity contribution in [2.45, 2.75) is 58.2 Å². The summed E-state index contributed by atoms with van der Waals surface area (Å²) in [4.78, 5) is 25.6. The van der Waals surface area contributed by atoms with Crippen LogP contribution in [0.2, 0.25) is 0 Å². The molecule has 1 unspecified atom stereocenters. The van der Waals surface area contributed by atoms with Gasteiger partial charge in [-0.15, -0.1) is 0 Å². The average molecular weight is 423 g/mol. The van der Waals surface area contributed by atoms with Crippen molar-refractivity contribution in [1.29, 1.82) is 0 Å². The number of fused-ring (bicyclic) bond motifs is 1. The standard InChI is InChI=1S/C24H27FN4O2/c1-2-17-10-12-18(13-11-17)23(19-7-6-8-20(25)15-19)26-22(30)16-29-24(31)28-14-5-3-4-9-21(28)27-29/h6-8,10-13,15,23H,2-5,9,14,16H2,1H3,(H,26,30). The van der Waals surface area contributed by atoms with E-state index in [1.807, 2.05) is 24.3 Å². The lowest BCUT2D eigenvalue weighted by Crippen LogP contribution is -2.36. The molecule has 0 radical (unpaired) electrons. The van der Waals surface area contributed by atoms with E-state index in [0.29, 0.717) is 12.1 Å². The highest BCUT2D eigenvalue weighted by molar-refractivity contribution is 5.76. The number of nitrogens with one attached hydrogen (secondary N) is 1. The van der Waals surface area contributed by atoms with Crippen LogP contribution in [0.25, 0.3) is 0 Å². The minimum absolute atomic E-state index is 0.169. The molecule has 0 aliphatic carbocycles. The third kappa shape index (κ3) is 4.76. The number of carbonyl (C=O) groups is 1. The fraction of sp³-hybridized carbons (Fsp3) is 0.375. The van der Waals surface area contributed by atoms with E-state index >= 15 is 0 Å². The van der Waals surface area contributed by atoms with Crippen LogP contribution >= 0.6 is 0 Å². The average Bonchev–Trinajstić information content (AvgIpc) is 2.93. The molecule has 0 saturated heterocycles. The van der Waals surface area contributed by atoms with E-state index in [1.54, 1.807) is 16.7 Å². The van der Waals surface area contributed by atoms with E-state index in [4.69, 9.17) is 0 Å². The van der Waals surface area contributed by atoms with Gasteiger partial charge >= 0.3 is 5.69 Å². The number of aromatic nitrogens is 3. The zero-order valence-corrected chi connectivity index (χ0v) is 17.7. The first-order valence-electron chi connectivity index (χ1n) is 10.9. The molecule has 1 aliphatic rings. The SMILES string of the molecule is CCc1ccc(C(NC(=O)Cn2nc3n(c2=O)CCCCC3)c2cccc(F)c2)cc1. The summed E-state index contributed by atoms with van der Waals surface area (Å²) in [6, 6.07) is 13.6. The molecule has 31 heavy (non-hydrogen) atoms. The lowest BCUT2D eigenvalue weighted by atomic mass is 9.97. The highest BCUT2D eigenvalue weighted by Gasteiger charge is 2.21. The van der Waals surface area contributed by atoms with Crippen molar-refractivity contribution < 1.29 is 9.18 Å². The predicted molar refractivity (Wildman–Crippen MR) is 116 cm³/mol. The second-order valence-electron chi connectivity index (χ2n) is 7.97. The smallest absolute Gasteiger partial charge is 0.344 e. The van der Waals surface area contributed by atoms with E-state index in [9.17, 15) is 14.0 Å². The van der Waals surface area contributed by atoms with E-state index in [0.717, 1.165) is 43.5 Å². The quantitative estimate of drug-likeness (QED) is 0.662. The van der Waals surface area contributed by atoms with Crippen molar-refractivity contribution in [3.8, 4) is 0 Å². The molecule has 0 saturated carbocycles. The van der Waals surface area contributed by atoms with Crippen LogP contribution in [0.5, 0.6) is 0 Å². The summed E-state index contributed by atoms with van der Waals surface area (Å²) >= 11 is 0. The van der Waals surface area contributed by atoms with Crippen LogP contribution in [0.15, 0.2) is 53.3 Å². The lowest BCUT2D eigenvalue weighted by molar-refractivity contribution is -0.122. The number of amides is 1. The number of halogens is 1. The molecule has 2 heterocycles. The molecule has 1 atom stereocenters. The second kappa shape index (κ2) is 9.29. The van der Waals surface area contributed by atoms with Crippen molar-refractivity contribution in [3.05, 3.63) is 87.3 Å². The molecule has 4 rings (SSSR count). The monoisotopic (exact) mass is 422 g/mol. The Morgan fingerprint density at radius 1 is 1.13 bits per heavy atom. The highest BCUT2D eigenvalue weighted by Crippen LogP contribution is 2.23. The minimum Gasteiger partial charge on any atom is -0.344 e. The van der Waals surface area contributed by atoms with Gasteiger partial charge in [0.2, 0.25) is 5.91 Å². The number of carbonyl (C=O) groups excluding carboxylic acids is 1. The molecular weight excluding hydrogens is 395 g/mol. The fourth-order valence-electron chi connectivity index (χ4n) is 4.06. The Morgan fingerprint density at radius 3 is 2.68 bits per heavy atom. The summed E-state index contributed by atoms with van der Waals surface area (Å²) in [6.45, 7) is 2.55. The highest BCUT2D eigenvalue weighted by atomic mass is 19.1. The van der Waals surface area contributed by atoms with E-state index in [-0.39, 0.29) is 24.0 Å². The Balaban J connectivity index is 1.58. The van der Waals surface area contributed by atoms with Gasteiger partial charge in [0, 0.05) is 13.0 Å². The van der Waals surface area contributed by atoms with Gasteiger partial charge in [-0.05, 0) is 48.1 Å². The summed E-state index contributed by atoms with van der Waals surface area (Å²) in [5.41, 5.74) is 2.43. The molecule has 2 aromatic carbocycles. The molecule has 6 nitrogen and oxygen atoms in total. The van der Waals surface area contributed by atoms with Crippen molar-refractivity contribution in [2.24, 2.45) is 0 Å². The first kappa shape index (κ1) is 21.0. The van der Waals surface area contributed by atoms with Gasteiger partial charge in [-0.2, -0.15) is 5.10 Å². The Labute approximate surface area is 180 Å². The lowest BCUT2D eigenvalue weighted by Gasteiger charge is -2.20. The van der Waals surface area contributed by atoms with Crippen molar-refractivity contribution in [1.82, 2.24) is 19.7 Å². The topological polar surface area (TPSA) is 68.9 Å². The molecule has 1 N–H and O–H groups in total. The summed E-state index contributed by atoms with van der Waals surface area (Å²) in [7, 11) is 0. The van der Waals surface area contributed by atoms with Crippen LogP contribution < -0.4 is 11.0 Å². The van der Waals surface area contributed by atoms with Crippen LogP contribution in [-0.2, 0) is 30.7 Å². The molecule has 162 valence electrons. The van der Waals surface area contributed by atoms with Crippen molar-refractivity contribution in [3.63, 3.8) is 0 Å². The summed E-state index contributed by atoms with van der Waals surface area (Å²) in [5.74, 6) is 0.0345. The summed E-state index contributed by atoms with van der Waals surface area (Å²) < 4.78 is 16.8. The zero-order chi connectivity index (χ0) is 21.8. The maximum Gasteiger partial charge on any atom is 0.346 e. The zero-order valence-electron chi connectivity index (χ0n) is 17.7. The van der Waals surface area contributed by atoms with Gasteiger partial charge in [-0.25, -0.2) is 13.9 Å². The summed E-state index contributed by atoms with van der Waals surface area (Å²) in [5, 5.41) is 7.35. The third-order valence-corrected chi connectivity index (χ3v) is 5.78. The molecule has 1 aromatic heterocycles. The molecule has 1 amide bonds. The molecule has 3 aromatic rings. The fourth-order valence-corrected chi connectivity index (χ4v) is 4.06. The van der Waals surface area contributed by atoms with Crippen LogP contribution in [0.3, 0.4) is 0 Å². The van der Waals surface area contributed by atoms with Gasteiger partial charge in [0.1, 0.15) is 18.2 Å². The maximum absolute atomic E-state index is 13.9. The van der Waals surface area contributed by atoms with Gasteiger partial charge in [0.25, 0.3) is 0 Å². The molecule has 0 bridgehead atoms. The number of hydrogen-bond donors (Lipinski definition) is 1. The minimum atomic E-state index is -0.523. The summed E-state index contributed by atoms with van der Waals surface area (Å²) in [6.07, 6.45) is 4.68. The van der Waals surface area contributed by atoms with Crippen molar-refractivity contribution in [2.75, 3.05) is 0 Å². The largest absolute Gasteiger partial charge is 0.346 e. The van der Waals surface area contributed by atoms with Gasteiger partial charge < -0.3 is 5.32 Å². The van der Waals surface area contributed by atoms with Crippen LogP contribution in [0.4, 0.5) is 4.39 Å². The molecular formula is C24H27FN4O2. The number of aryl methyl sites for hydroxylation is 2. The van der Waals surface area contributed by atoms with Crippen LogP contribution in [0.1, 0.15) is 54.7 Å². The first-order chi connectivity index (χ1) is 15.0. The Hall–Kier alpha value is -3.22. The second-order valence-corrected chi connectivity index (χ2v) is 7.97. The van der Waals surface area contributed by atoms with E-state index in [2.05, 4.69) is 17.3 Å². The Bertz CT molecular complexity index is 1120. The molecule has 0 spiro atoms. The number of nitrogens with zero attached hydrogens (tertiary/aromatic N) is 3. The van der Waals surface area contributed by atoms with Gasteiger partial charge in [0.05, 0.1) is 6.04 Å². The number of rotatable bonds is 6. The van der Waals surface area contributed by atoms with E-state index in [1.165, 1.54) is 22.4 Å². The molecule has 0 fully saturated rings. The van der Waals surface area contributed by atoms with Crippen molar-refractivity contribution >= 4 is 5.91 Å². The predicted octanol–water partition coefficient (Wildman–Crippen LogP) is 3.38. The van der Waals surface area contributed by atoms with Gasteiger partial charge in [-0.3, -0.25) is 9.36 Å². The van der Waals surface area contributed by atoms with E-state index < -0.39 is 6.04 Å². The van der Waals surface area contributed by atoms with Crippen LogP contribution in [-0.4, -0.2) is 20.3 Å². The Morgan fingerprint density at radius 2 is 1.94 bits per heavy atom.